The monoisotopic (exact) mass is 487 g/mol. The predicted octanol–water partition coefficient (Wildman–Crippen LogP) is 3.95. The molecule has 0 radical (unpaired) electrons. The van der Waals surface area contributed by atoms with Crippen LogP contribution in [0.1, 0.15) is 32.3 Å². The lowest BCUT2D eigenvalue weighted by atomic mass is 10.1. The molecule has 0 aromatic heterocycles. The summed E-state index contributed by atoms with van der Waals surface area (Å²) in [6.45, 7) is 3.68. The Bertz CT molecular complexity index is 906. The number of amides is 1. The second kappa shape index (κ2) is 10.7. The molecule has 0 aliphatic carbocycles. The number of nitrogens with zero attached hydrogens (tertiary/aromatic N) is 1. The molecule has 2 heterocycles. The van der Waals surface area contributed by atoms with E-state index in [0.29, 0.717) is 33.5 Å². The molecule has 0 N–H and O–H groups in total. The number of halogens is 2. The molecule has 2 aliphatic rings. The minimum Gasteiger partial charge on any atom is -0.461 e. The summed E-state index contributed by atoms with van der Waals surface area (Å²) in [5, 5.41) is 0.442. The third kappa shape index (κ3) is 5.55. The molecule has 0 bridgehead atoms. The van der Waals surface area contributed by atoms with Crippen molar-refractivity contribution in [3.63, 3.8) is 0 Å². The first-order valence-electron chi connectivity index (χ1n) is 9.86. The summed E-state index contributed by atoms with van der Waals surface area (Å²) in [7, 11) is 0. The highest BCUT2D eigenvalue weighted by Gasteiger charge is 2.54. The van der Waals surface area contributed by atoms with Crippen molar-refractivity contribution in [3.8, 4) is 0 Å². The van der Waals surface area contributed by atoms with Gasteiger partial charge in [-0.15, -0.1) is 11.8 Å². The number of ether oxygens (including phenoxy) is 3. The Morgan fingerprint density at radius 2 is 1.97 bits per heavy atom. The van der Waals surface area contributed by atoms with Gasteiger partial charge in [-0.1, -0.05) is 42.6 Å². The molecule has 7 nitrogen and oxygen atoms in total. The zero-order valence-corrected chi connectivity index (χ0v) is 19.5. The van der Waals surface area contributed by atoms with Crippen LogP contribution < -0.4 is 0 Å². The van der Waals surface area contributed by atoms with Crippen LogP contribution in [0.15, 0.2) is 29.5 Å². The van der Waals surface area contributed by atoms with Gasteiger partial charge >= 0.3 is 11.9 Å². The summed E-state index contributed by atoms with van der Waals surface area (Å²) in [5.41, 5.74) is 1.30. The van der Waals surface area contributed by atoms with Crippen LogP contribution in [0.2, 0.25) is 10.0 Å². The first-order chi connectivity index (χ1) is 14.8. The Labute approximate surface area is 195 Å². The van der Waals surface area contributed by atoms with Crippen molar-refractivity contribution in [3.05, 3.63) is 45.1 Å². The second-order valence-electron chi connectivity index (χ2n) is 7.11. The molecule has 1 fully saturated rings. The molecule has 2 aliphatic heterocycles. The van der Waals surface area contributed by atoms with Gasteiger partial charge in [0.1, 0.15) is 24.3 Å². The number of β-lactam (4-membered cyclic amide) rings is 1. The first-order valence-corrected chi connectivity index (χ1v) is 11.7. The molecule has 1 amide bonds. The van der Waals surface area contributed by atoms with E-state index in [1.54, 1.807) is 18.2 Å². The normalized spacial score (nSPS) is 20.3. The molecule has 0 unspecified atom stereocenters. The number of rotatable bonds is 9. The van der Waals surface area contributed by atoms with Gasteiger partial charge in [0.25, 0.3) is 5.91 Å². The molecule has 10 heteroatoms. The van der Waals surface area contributed by atoms with Crippen molar-refractivity contribution in [2.45, 2.75) is 44.8 Å². The van der Waals surface area contributed by atoms with Gasteiger partial charge in [0.05, 0.1) is 10.0 Å². The number of fused-ring (bicyclic) bond motifs is 1. The minimum atomic E-state index is -0.668. The molecular formula is C21H23Cl2NO6S. The molecule has 1 aromatic rings. The van der Waals surface area contributed by atoms with Crippen molar-refractivity contribution in [2.24, 2.45) is 0 Å². The molecule has 168 valence electrons. The molecule has 1 aromatic carbocycles. The number of carbonyl (C=O) groups is 3. The van der Waals surface area contributed by atoms with Crippen LogP contribution in [0, 0.1) is 0 Å². The van der Waals surface area contributed by atoms with E-state index in [9.17, 15) is 14.4 Å². The van der Waals surface area contributed by atoms with Gasteiger partial charge in [-0.3, -0.25) is 14.5 Å². The molecular weight excluding hydrogens is 465 g/mol. The fourth-order valence-corrected chi connectivity index (χ4v) is 4.80. The summed E-state index contributed by atoms with van der Waals surface area (Å²) in [6.07, 6.45) is 1.22. The predicted molar refractivity (Wildman–Crippen MR) is 118 cm³/mol. The van der Waals surface area contributed by atoms with Gasteiger partial charge in [-0.25, -0.2) is 4.79 Å². The van der Waals surface area contributed by atoms with E-state index in [-0.39, 0.29) is 30.2 Å². The van der Waals surface area contributed by atoms with Crippen molar-refractivity contribution < 1.29 is 28.6 Å². The standard InChI is InChI=1S/C21H23Cl2NO6S/c1-3-4-7-28-18-19(26)24-17(14(10-29-12(2)25)11-31-20(18)24)21(27)30-9-13-5-6-15(22)16(23)8-13/h5-6,8,18,20H,3-4,7,9-11H2,1-2H3/t18-,20+/m0/s1. The van der Waals surface area contributed by atoms with Gasteiger partial charge in [-0.2, -0.15) is 0 Å². The third-order valence-corrected chi connectivity index (χ3v) is 6.84. The van der Waals surface area contributed by atoms with Crippen molar-refractivity contribution in [2.75, 3.05) is 19.0 Å². The number of hydrogen-bond donors (Lipinski definition) is 0. The van der Waals surface area contributed by atoms with Gasteiger partial charge in [0.2, 0.25) is 0 Å². The van der Waals surface area contributed by atoms with Crippen LogP contribution in [-0.4, -0.2) is 53.2 Å². The Hall–Kier alpha value is -1.74. The molecule has 2 atom stereocenters. The fourth-order valence-electron chi connectivity index (χ4n) is 3.16. The lowest BCUT2D eigenvalue weighted by Gasteiger charge is -2.49. The Morgan fingerprint density at radius 3 is 2.65 bits per heavy atom. The van der Waals surface area contributed by atoms with E-state index in [1.165, 1.54) is 23.6 Å². The van der Waals surface area contributed by atoms with Crippen LogP contribution in [0.4, 0.5) is 0 Å². The zero-order chi connectivity index (χ0) is 22.5. The number of hydrogen-bond acceptors (Lipinski definition) is 7. The van der Waals surface area contributed by atoms with Gasteiger partial charge in [0, 0.05) is 24.9 Å². The van der Waals surface area contributed by atoms with Gasteiger partial charge in [-0.05, 0) is 24.1 Å². The van der Waals surface area contributed by atoms with E-state index in [2.05, 4.69) is 0 Å². The molecule has 3 rings (SSSR count). The number of unbranched alkanes of at least 4 members (excludes halogenated alkanes) is 1. The average Bonchev–Trinajstić information content (AvgIpc) is 2.75. The SMILES string of the molecule is CCCCO[C@H]1C(=O)N2C(C(=O)OCc3ccc(Cl)c(Cl)c3)=C(COC(C)=O)CS[C@H]12. The van der Waals surface area contributed by atoms with Gasteiger partial charge in [0.15, 0.2) is 6.10 Å². The van der Waals surface area contributed by atoms with Gasteiger partial charge < -0.3 is 14.2 Å². The van der Waals surface area contributed by atoms with Crippen LogP contribution >= 0.6 is 35.0 Å². The highest BCUT2D eigenvalue weighted by atomic mass is 35.5. The highest BCUT2D eigenvalue weighted by Crippen LogP contribution is 2.42. The van der Waals surface area contributed by atoms with E-state index in [0.717, 1.165) is 12.8 Å². The quantitative estimate of drug-likeness (QED) is 0.296. The van der Waals surface area contributed by atoms with Crippen LogP contribution in [0.3, 0.4) is 0 Å². The molecule has 0 saturated carbocycles. The summed E-state index contributed by atoms with van der Waals surface area (Å²) >= 11 is 13.4. The van der Waals surface area contributed by atoms with Crippen molar-refractivity contribution >= 4 is 52.8 Å². The number of benzene rings is 1. The Balaban J connectivity index is 1.75. The minimum absolute atomic E-state index is 0.0453. The van der Waals surface area contributed by atoms with Crippen LogP contribution in [0.25, 0.3) is 0 Å². The number of carbonyl (C=O) groups excluding carboxylic acids is 3. The smallest absolute Gasteiger partial charge is 0.355 e. The summed E-state index contributed by atoms with van der Waals surface area (Å²) in [6, 6.07) is 4.92. The number of esters is 2. The van der Waals surface area contributed by atoms with E-state index in [1.807, 2.05) is 6.92 Å². The highest BCUT2D eigenvalue weighted by molar-refractivity contribution is 8.00. The van der Waals surface area contributed by atoms with E-state index < -0.39 is 18.0 Å². The van der Waals surface area contributed by atoms with Crippen LogP contribution in [0.5, 0.6) is 0 Å². The first kappa shape index (κ1) is 23.9. The molecule has 0 spiro atoms. The summed E-state index contributed by atoms with van der Waals surface area (Å²) < 4.78 is 16.3. The topological polar surface area (TPSA) is 82.1 Å². The maximum absolute atomic E-state index is 13.0. The fraction of sp³-hybridized carbons (Fsp3) is 0.476. The maximum atomic E-state index is 13.0. The maximum Gasteiger partial charge on any atom is 0.355 e. The van der Waals surface area contributed by atoms with E-state index in [4.69, 9.17) is 37.4 Å². The van der Waals surface area contributed by atoms with E-state index >= 15 is 0 Å². The zero-order valence-electron chi connectivity index (χ0n) is 17.2. The average molecular weight is 488 g/mol. The lowest BCUT2D eigenvalue weighted by Crippen LogP contribution is -2.66. The molecule has 31 heavy (non-hydrogen) atoms. The molecule has 1 saturated heterocycles. The lowest BCUT2D eigenvalue weighted by molar-refractivity contribution is -0.166. The second-order valence-corrected chi connectivity index (χ2v) is 9.03. The van der Waals surface area contributed by atoms with Crippen molar-refractivity contribution in [1.82, 2.24) is 4.90 Å². The summed E-state index contributed by atoms with van der Waals surface area (Å²) in [5.74, 6) is -1.01. The largest absolute Gasteiger partial charge is 0.461 e. The third-order valence-electron chi connectivity index (χ3n) is 4.79. The summed E-state index contributed by atoms with van der Waals surface area (Å²) in [4.78, 5) is 38.4. The van der Waals surface area contributed by atoms with Crippen molar-refractivity contribution in [1.29, 1.82) is 0 Å². The Kier molecular flexibility index (Phi) is 8.27. The number of thioether (sulfide) groups is 1. The Morgan fingerprint density at radius 1 is 1.19 bits per heavy atom. The van der Waals surface area contributed by atoms with Crippen LogP contribution in [-0.2, 0) is 35.2 Å².